The fraction of sp³-hybridized carbons (Fsp3) is 0.263. The Morgan fingerprint density at radius 2 is 1.69 bits per heavy atom. The number of hydrazone groups is 1. The molecule has 2 rings (SSSR count). The first-order valence-electron chi connectivity index (χ1n) is 7.86. The fourth-order valence-electron chi connectivity index (χ4n) is 2.08. The fourth-order valence-corrected chi connectivity index (χ4v) is 3.01. The zero-order valence-electron chi connectivity index (χ0n) is 14.6. The number of halogens is 3. The lowest BCUT2D eigenvalue weighted by atomic mass is 9.87. The van der Waals surface area contributed by atoms with Crippen molar-refractivity contribution >= 4 is 46.9 Å². The van der Waals surface area contributed by atoms with Crippen LogP contribution >= 0.6 is 34.8 Å². The quantitative estimate of drug-likeness (QED) is 0.521. The molecule has 0 unspecified atom stereocenters. The molecule has 1 N–H and O–H groups in total. The van der Waals surface area contributed by atoms with Gasteiger partial charge in [0.05, 0.1) is 16.3 Å². The minimum atomic E-state index is -0.436. The number of carbonyl (C=O) groups is 1. The maximum atomic E-state index is 11.8. The highest BCUT2D eigenvalue weighted by Crippen LogP contribution is 2.35. The van der Waals surface area contributed by atoms with Gasteiger partial charge >= 0.3 is 0 Å². The maximum Gasteiger partial charge on any atom is 0.277 e. The van der Waals surface area contributed by atoms with Crippen LogP contribution in [0.25, 0.3) is 0 Å². The summed E-state index contributed by atoms with van der Waals surface area (Å²) in [7, 11) is 0. The van der Waals surface area contributed by atoms with Crippen LogP contribution in [-0.2, 0) is 10.2 Å². The van der Waals surface area contributed by atoms with Gasteiger partial charge in [-0.15, -0.1) is 0 Å². The zero-order valence-corrected chi connectivity index (χ0v) is 16.9. The number of carbonyl (C=O) groups excluding carboxylic acids is 1. The van der Waals surface area contributed by atoms with E-state index < -0.39 is 5.91 Å². The van der Waals surface area contributed by atoms with Gasteiger partial charge < -0.3 is 4.74 Å². The van der Waals surface area contributed by atoms with Crippen LogP contribution in [-0.4, -0.2) is 18.7 Å². The number of nitrogens with zero attached hydrogens (tertiary/aromatic N) is 1. The number of amides is 1. The van der Waals surface area contributed by atoms with Crippen molar-refractivity contribution in [1.29, 1.82) is 0 Å². The monoisotopic (exact) mass is 412 g/mol. The van der Waals surface area contributed by atoms with Crippen LogP contribution in [0.2, 0.25) is 15.1 Å². The molecule has 7 heteroatoms. The van der Waals surface area contributed by atoms with Crippen LogP contribution in [0.4, 0.5) is 0 Å². The Bertz CT molecular complexity index is 790. The molecule has 0 heterocycles. The summed E-state index contributed by atoms with van der Waals surface area (Å²) < 4.78 is 5.33. The van der Waals surface area contributed by atoms with Crippen LogP contribution in [0.3, 0.4) is 0 Å². The van der Waals surface area contributed by atoms with Gasteiger partial charge in [-0.3, -0.25) is 4.79 Å². The third-order valence-corrected chi connectivity index (χ3v) is 4.27. The summed E-state index contributed by atoms with van der Waals surface area (Å²) in [5.41, 5.74) is 4.58. The summed E-state index contributed by atoms with van der Waals surface area (Å²) in [6.45, 7) is 6.17. The van der Waals surface area contributed by atoms with Crippen molar-refractivity contribution < 1.29 is 9.53 Å². The van der Waals surface area contributed by atoms with E-state index in [2.05, 4.69) is 31.3 Å². The van der Waals surface area contributed by atoms with E-state index in [0.717, 1.165) is 5.56 Å². The molecule has 26 heavy (non-hydrogen) atoms. The highest BCUT2D eigenvalue weighted by Gasteiger charge is 2.13. The van der Waals surface area contributed by atoms with Crippen LogP contribution in [0.1, 0.15) is 31.9 Å². The molecule has 0 radical (unpaired) electrons. The number of ether oxygens (including phenoxy) is 1. The van der Waals surface area contributed by atoms with Gasteiger partial charge in [0, 0.05) is 5.02 Å². The summed E-state index contributed by atoms with van der Waals surface area (Å²) in [6, 6.07) is 10.9. The normalized spacial score (nSPS) is 11.6. The molecule has 0 spiro atoms. The molecule has 0 atom stereocenters. The topological polar surface area (TPSA) is 50.7 Å². The van der Waals surface area contributed by atoms with Crippen molar-refractivity contribution in [3.8, 4) is 5.75 Å². The molecule has 4 nitrogen and oxygen atoms in total. The Morgan fingerprint density at radius 3 is 2.23 bits per heavy atom. The molecular formula is C19H19Cl3N2O2. The minimum absolute atomic E-state index is 0.0887. The Morgan fingerprint density at radius 1 is 1.12 bits per heavy atom. The molecule has 1 amide bonds. The number of rotatable bonds is 5. The van der Waals surface area contributed by atoms with Crippen molar-refractivity contribution in [2.75, 3.05) is 6.61 Å². The Balaban J connectivity index is 1.88. The van der Waals surface area contributed by atoms with E-state index in [9.17, 15) is 4.79 Å². The van der Waals surface area contributed by atoms with E-state index in [4.69, 9.17) is 39.5 Å². The molecule has 2 aromatic carbocycles. The van der Waals surface area contributed by atoms with E-state index in [1.54, 1.807) is 6.21 Å². The summed E-state index contributed by atoms with van der Waals surface area (Å²) in [5, 5.41) is 4.77. The smallest absolute Gasteiger partial charge is 0.277 e. The Kier molecular flexibility index (Phi) is 6.93. The van der Waals surface area contributed by atoms with E-state index in [1.807, 2.05) is 24.3 Å². The summed E-state index contributed by atoms with van der Waals surface area (Å²) in [4.78, 5) is 11.8. The third-order valence-electron chi connectivity index (χ3n) is 3.49. The first kappa shape index (κ1) is 20.6. The number of benzene rings is 2. The summed E-state index contributed by atoms with van der Waals surface area (Å²) in [6.07, 6.45) is 1.56. The van der Waals surface area contributed by atoms with Crippen LogP contribution < -0.4 is 10.2 Å². The summed E-state index contributed by atoms with van der Waals surface area (Å²) >= 11 is 17.8. The predicted octanol–water partition coefficient (Wildman–Crippen LogP) is 5.47. The lowest BCUT2D eigenvalue weighted by Gasteiger charge is -2.18. The van der Waals surface area contributed by atoms with Gasteiger partial charge in [0.25, 0.3) is 5.91 Å². The van der Waals surface area contributed by atoms with Crippen molar-refractivity contribution in [3.05, 3.63) is 62.6 Å². The second-order valence-corrected chi connectivity index (χ2v) is 7.90. The van der Waals surface area contributed by atoms with Crippen molar-refractivity contribution in [1.82, 2.24) is 5.43 Å². The first-order chi connectivity index (χ1) is 12.2. The molecule has 0 bridgehead atoms. The van der Waals surface area contributed by atoms with Gasteiger partial charge in [0.2, 0.25) is 0 Å². The molecule has 0 aromatic heterocycles. The second-order valence-electron chi connectivity index (χ2n) is 6.65. The van der Waals surface area contributed by atoms with Gasteiger partial charge in [0.1, 0.15) is 0 Å². The maximum absolute atomic E-state index is 11.8. The Labute approximate surface area is 168 Å². The van der Waals surface area contributed by atoms with Gasteiger partial charge in [-0.25, -0.2) is 5.43 Å². The SMILES string of the molecule is CC(C)(C)c1ccc(C=NNC(=O)COc2c(Cl)cc(Cl)cc2Cl)cc1. The standard InChI is InChI=1S/C19H19Cl3N2O2/c1-19(2,3)13-6-4-12(5-7-13)10-23-24-17(25)11-26-18-15(21)8-14(20)9-16(18)22/h4-10H,11H2,1-3H3,(H,24,25). The molecule has 0 fully saturated rings. The van der Waals surface area contributed by atoms with Gasteiger partial charge in [-0.05, 0) is 28.7 Å². The molecular weight excluding hydrogens is 395 g/mol. The number of hydrogen-bond acceptors (Lipinski definition) is 3. The van der Waals surface area contributed by atoms with E-state index >= 15 is 0 Å². The molecule has 0 saturated heterocycles. The third kappa shape index (κ3) is 5.90. The largest absolute Gasteiger partial charge is 0.481 e. The first-order valence-corrected chi connectivity index (χ1v) is 9.00. The van der Waals surface area contributed by atoms with E-state index in [-0.39, 0.29) is 27.8 Å². The molecule has 138 valence electrons. The number of nitrogens with one attached hydrogen (secondary N) is 1. The van der Waals surface area contributed by atoms with Crippen molar-refractivity contribution in [3.63, 3.8) is 0 Å². The molecule has 2 aromatic rings. The van der Waals surface area contributed by atoms with Crippen molar-refractivity contribution in [2.24, 2.45) is 5.10 Å². The Hall–Kier alpha value is -1.75. The molecule has 0 saturated carbocycles. The van der Waals surface area contributed by atoms with Gasteiger partial charge in [0.15, 0.2) is 12.4 Å². The number of hydrogen-bond donors (Lipinski definition) is 1. The highest BCUT2D eigenvalue weighted by molar-refractivity contribution is 6.40. The molecule has 0 aliphatic carbocycles. The van der Waals surface area contributed by atoms with Crippen molar-refractivity contribution in [2.45, 2.75) is 26.2 Å². The molecule has 0 aliphatic rings. The van der Waals surface area contributed by atoms with Gasteiger partial charge in [-0.1, -0.05) is 79.8 Å². The summed E-state index contributed by atoms with van der Waals surface area (Å²) in [5.74, 6) is -0.232. The van der Waals surface area contributed by atoms with E-state index in [1.165, 1.54) is 17.7 Å². The minimum Gasteiger partial charge on any atom is -0.481 e. The average molecular weight is 414 g/mol. The lowest BCUT2D eigenvalue weighted by Crippen LogP contribution is -2.24. The average Bonchev–Trinajstić information content (AvgIpc) is 2.53. The predicted molar refractivity (Wildman–Crippen MR) is 108 cm³/mol. The molecule has 0 aliphatic heterocycles. The van der Waals surface area contributed by atoms with Gasteiger partial charge in [-0.2, -0.15) is 5.10 Å². The van der Waals surface area contributed by atoms with Crippen LogP contribution in [0.5, 0.6) is 5.75 Å². The van der Waals surface area contributed by atoms with E-state index in [0.29, 0.717) is 5.02 Å². The lowest BCUT2D eigenvalue weighted by molar-refractivity contribution is -0.123. The second kappa shape index (κ2) is 8.76. The van der Waals surface area contributed by atoms with Crippen LogP contribution in [0.15, 0.2) is 41.5 Å². The van der Waals surface area contributed by atoms with Crippen LogP contribution in [0, 0.1) is 0 Å². The highest BCUT2D eigenvalue weighted by atomic mass is 35.5. The zero-order chi connectivity index (χ0) is 19.3.